The zero-order valence-corrected chi connectivity index (χ0v) is 17.0. The monoisotopic (exact) mass is 408 g/mol. The highest BCUT2D eigenvalue weighted by molar-refractivity contribution is 6.06. The maximum Gasteiger partial charge on any atom is 0.328 e. The molecule has 1 amide bonds. The molecule has 156 valence electrons. The molecule has 0 bridgehead atoms. The Labute approximate surface area is 173 Å². The molecular formula is C21H24N6O3. The maximum atomic E-state index is 12.6. The molecule has 0 atom stereocenters. The van der Waals surface area contributed by atoms with E-state index in [1.54, 1.807) is 25.3 Å². The van der Waals surface area contributed by atoms with Crippen LogP contribution in [0.4, 0.5) is 11.5 Å². The normalized spacial score (nSPS) is 14.8. The van der Waals surface area contributed by atoms with Gasteiger partial charge in [0.1, 0.15) is 5.82 Å². The minimum absolute atomic E-state index is 0.281. The fraction of sp³-hybridized carbons (Fsp3) is 0.333. The topological polar surface area (TPSA) is 103 Å². The van der Waals surface area contributed by atoms with Gasteiger partial charge in [0.2, 0.25) is 0 Å². The number of aromatic nitrogens is 3. The van der Waals surface area contributed by atoms with Crippen LogP contribution in [0.3, 0.4) is 0 Å². The van der Waals surface area contributed by atoms with Gasteiger partial charge >= 0.3 is 5.69 Å². The third-order valence-electron chi connectivity index (χ3n) is 5.39. The van der Waals surface area contributed by atoms with E-state index in [2.05, 4.69) is 32.1 Å². The number of pyridine rings is 1. The Hall–Kier alpha value is -3.46. The number of anilines is 2. The summed E-state index contributed by atoms with van der Waals surface area (Å²) in [6, 6.07) is 8.36. The van der Waals surface area contributed by atoms with Gasteiger partial charge in [-0.25, -0.2) is 9.78 Å². The van der Waals surface area contributed by atoms with E-state index < -0.39 is 5.69 Å². The molecule has 0 radical (unpaired) electrons. The summed E-state index contributed by atoms with van der Waals surface area (Å²) in [7, 11) is 2.10. The highest BCUT2D eigenvalue weighted by Crippen LogP contribution is 2.17. The van der Waals surface area contributed by atoms with Crippen molar-refractivity contribution in [2.24, 2.45) is 0 Å². The molecule has 0 spiro atoms. The molecule has 2 aromatic heterocycles. The lowest BCUT2D eigenvalue weighted by molar-refractivity contribution is 0.102. The minimum atomic E-state index is -0.490. The number of fused-ring (bicyclic) bond motifs is 1. The summed E-state index contributed by atoms with van der Waals surface area (Å²) in [6.45, 7) is 5.84. The molecular weight excluding hydrogens is 384 g/mol. The number of hydrogen-bond donors (Lipinski definition) is 2. The van der Waals surface area contributed by atoms with Crippen molar-refractivity contribution >= 4 is 28.3 Å². The molecule has 0 aliphatic carbocycles. The SMILES string of the molecule is CCn1c(=O)[nH]c2cc(C(=O)Nc3ccc(N4CCN(C)CC4)nc3)ccc2c1=O. The summed E-state index contributed by atoms with van der Waals surface area (Å²) < 4.78 is 1.12. The zero-order valence-electron chi connectivity index (χ0n) is 17.0. The highest BCUT2D eigenvalue weighted by atomic mass is 16.2. The molecule has 9 heteroatoms. The number of H-pyrrole nitrogens is 1. The Balaban J connectivity index is 1.51. The van der Waals surface area contributed by atoms with E-state index in [0.717, 1.165) is 36.6 Å². The van der Waals surface area contributed by atoms with Crippen molar-refractivity contribution in [2.75, 3.05) is 43.4 Å². The molecule has 0 saturated carbocycles. The van der Waals surface area contributed by atoms with Gasteiger partial charge in [0.25, 0.3) is 11.5 Å². The van der Waals surface area contributed by atoms with Gasteiger partial charge in [-0.1, -0.05) is 0 Å². The number of carbonyl (C=O) groups is 1. The first-order valence-electron chi connectivity index (χ1n) is 9.94. The zero-order chi connectivity index (χ0) is 21.3. The molecule has 1 saturated heterocycles. The molecule has 4 rings (SSSR count). The number of likely N-dealkylation sites (N-methyl/N-ethyl adjacent to an activating group) is 1. The van der Waals surface area contributed by atoms with Crippen molar-refractivity contribution in [3.05, 3.63) is 62.9 Å². The van der Waals surface area contributed by atoms with Crippen LogP contribution in [0.2, 0.25) is 0 Å². The summed E-state index contributed by atoms with van der Waals surface area (Å²) in [4.78, 5) is 48.7. The van der Waals surface area contributed by atoms with Crippen LogP contribution in [-0.2, 0) is 6.54 Å². The second kappa shape index (κ2) is 8.11. The van der Waals surface area contributed by atoms with Gasteiger partial charge < -0.3 is 20.1 Å². The maximum absolute atomic E-state index is 12.6. The summed E-state index contributed by atoms with van der Waals surface area (Å²) >= 11 is 0. The average molecular weight is 408 g/mol. The molecule has 0 unspecified atom stereocenters. The van der Waals surface area contributed by atoms with Gasteiger partial charge in [-0.05, 0) is 44.3 Å². The standard InChI is InChI=1S/C21H24N6O3/c1-3-27-20(29)16-6-4-14(12-17(16)24-21(27)30)19(28)23-15-5-7-18(22-13-15)26-10-8-25(2)9-11-26/h4-7,12-13H,3,8-11H2,1-2H3,(H,23,28)(H,24,30). The Morgan fingerprint density at radius 1 is 1.13 bits per heavy atom. The molecule has 3 heterocycles. The third kappa shape index (κ3) is 3.84. The van der Waals surface area contributed by atoms with Crippen molar-refractivity contribution in [3.63, 3.8) is 0 Å². The lowest BCUT2D eigenvalue weighted by Crippen LogP contribution is -2.44. The first-order valence-corrected chi connectivity index (χ1v) is 9.94. The molecule has 1 aromatic carbocycles. The Bertz CT molecular complexity index is 1190. The summed E-state index contributed by atoms with van der Waals surface area (Å²) in [6.07, 6.45) is 1.63. The highest BCUT2D eigenvalue weighted by Gasteiger charge is 2.16. The number of nitrogens with one attached hydrogen (secondary N) is 2. The summed E-state index contributed by atoms with van der Waals surface area (Å²) in [5, 5.41) is 3.18. The number of piperazine rings is 1. The van der Waals surface area contributed by atoms with Crippen molar-refractivity contribution in [2.45, 2.75) is 13.5 Å². The van der Waals surface area contributed by atoms with Crippen LogP contribution >= 0.6 is 0 Å². The molecule has 9 nitrogen and oxygen atoms in total. The molecule has 1 fully saturated rings. The van der Waals surface area contributed by atoms with E-state index in [1.165, 1.54) is 6.07 Å². The van der Waals surface area contributed by atoms with Crippen LogP contribution in [0.1, 0.15) is 17.3 Å². The predicted octanol–water partition coefficient (Wildman–Crippen LogP) is 1.11. The lowest BCUT2D eigenvalue weighted by atomic mass is 10.1. The molecule has 2 N–H and O–H groups in total. The molecule has 30 heavy (non-hydrogen) atoms. The quantitative estimate of drug-likeness (QED) is 0.670. The smallest absolute Gasteiger partial charge is 0.328 e. The number of nitrogens with zero attached hydrogens (tertiary/aromatic N) is 4. The number of rotatable bonds is 4. The lowest BCUT2D eigenvalue weighted by Gasteiger charge is -2.33. The van der Waals surface area contributed by atoms with Gasteiger partial charge in [-0.2, -0.15) is 0 Å². The average Bonchev–Trinajstić information content (AvgIpc) is 2.75. The van der Waals surface area contributed by atoms with E-state index in [1.807, 2.05) is 12.1 Å². The molecule has 1 aliphatic heterocycles. The van der Waals surface area contributed by atoms with Crippen molar-refractivity contribution in [1.29, 1.82) is 0 Å². The fourth-order valence-corrected chi connectivity index (χ4v) is 3.57. The van der Waals surface area contributed by atoms with Gasteiger partial charge in [0, 0.05) is 38.3 Å². The van der Waals surface area contributed by atoms with Gasteiger partial charge in [0.05, 0.1) is 22.8 Å². The Morgan fingerprint density at radius 3 is 2.57 bits per heavy atom. The number of amides is 1. The van der Waals surface area contributed by atoms with E-state index >= 15 is 0 Å². The Kier molecular flexibility index (Phi) is 5.37. The number of aromatic amines is 1. The van der Waals surface area contributed by atoms with Crippen LogP contribution in [-0.4, -0.2) is 58.6 Å². The summed E-state index contributed by atoms with van der Waals surface area (Å²) in [5.41, 5.74) is 0.400. The number of benzene rings is 1. The first-order chi connectivity index (χ1) is 14.5. The first kappa shape index (κ1) is 19.8. The van der Waals surface area contributed by atoms with E-state index in [4.69, 9.17) is 0 Å². The van der Waals surface area contributed by atoms with Gasteiger partial charge in [-0.15, -0.1) is 0 Å². The van der Waals surface area contributed by atoms with Gasteiger partial charge in [0.15, 0.2) is 0 Å². The minimum Gasteiger partial charge on any atom is -0.354 e. The van der Waals surface area contributed by atoms with E-state index in [9.17, 15) is 14.4 Å². The van der Waals surface area contributed by atoms with E-state index in [0.29, 0.717) is 22.2 Å². The van der Waals surface area contributed by atoms with Crippen molar-refractivity contribution in [1.82, 2.24) is 19.4 Å². The van der Waals surface area contributed by atoms with Gasteiger partial charge in [-0.3, -0.25) is 14.2 Å². The van der Waals surface area contributed by atoms with Crippen LogP contribution in [0, 0.1) is 0 Å². The second-order valence-corrected chi connectivity index (χ2v) is 7.39. The number of carbonyl (C=O) groups excluding carboxylic acids is 1. The fourth-order valence-electron chi connectivity index (χ4n) is 3.57. The predicted molar refractivity (Wildman–Crippen MR) is 116 cm³/mol. The molecule has 1 aliphatic rings. The van der Waals surface area contributed by atoms with E-state index in [-0.39, 0.29) is 18.0 Å². The van der Waals surface area contributed by atoms with Crippen molar-refractivity contribution < 1.29 is 4.79 Å². The summed E-state index contributed by atoms with van der Waals surface area (Å²) in [5.74, 6) is 0.545. The largest absolute Gasteiger partial charge is 0.354 e. The van der Waals surface area contributed by atoms with Crippen LogP contribution < -0.4 is 21.5 Å². The Morgan fingerprint density at radius 2 is 1.90 bits per heavy atom. The number of hydrogen-bond acceptors (Lipinski definition) is 6. The molecule has 3 aromatic rings. The van der Waals surface area contributed by atoms with Crippen LogP contribution in [0.25, 0.3) is 10.9 Å². The second-order valence-electron chi connectivity index (χ2n) is 7.39. The van der Waals surface area contributed by atoms with Crippen molar-refractivity contribution in [3.8, 4) is 0 Å². The third-order valence-corrected chi connectivity index (χ3v) is 5.39. The van der Waals surface area contributed by atoms with Crippen LogP contribution in [0.15, 0.2) is 46.1 Å². The van der Waals surface area contributed by atoms with Crippen LogP contribution in [0.5, 0.6) is 0 Å².